The largest absolute Gasteiger partial charge is 0.480 e. The quantitative estimate of drug-likeness (QED) is 0.168. The van der Waals surface area contributed by atoms with Crippen molar-refractivity contribution in [3.8, 4) is 0 Å². The molecule has 0 aliphatic rings. The van der Waals surface area contributed by atoms with Crippen molar-refractivity contribution >= 4 is 41.4 Å². The highest BCUT2D eigenvalue weighted by atomic mass is 32.2. The summed E-state index contributed by atoms with van der Waals surface area (Å²) in [5.74, 6) is -3.31. The molecule has 8 N–H and O–H groups in total. The number of thioether (sulfide) groups is 1. The van der Waals surface area contributed by atoms with Crippen molar-refractivity contribution in [3.05, 3.63) is 0 Å². The minimum absolute atomic E-state index is 0.171. The number of carboxylic acid groups (broad SMARTS) is 1. The van der Waals surface area contributed by atoms with Crippen molar-refractivity contribution in [1.29, 1.82) is 0 Å². The van der Waals surface area contributed by atoms with Crippen molar-refractivity contribution in [2.45, 2.75) is 77.5 Å². The molecule has 0 rings (SSSR count). The Balaban J connectivity index is 5.37. The molecular weight excluding hydrogens is 450 g/mol. The first-order chi connectivity index (χ1) is 15.3. The zero-order valence-electron chi connectivity index (χ0n) is 20.1. The Hall–Kier alpha value is -2.34. The van der Waals surface area contributed by atoms with Gasteiger partial charge in [0.15, 0.2) is 0 Å². The fourth-order valence-electron chi connectivity index (χ4n) is 2.99. The average molecular weight is 490 g/mol. The van der Waals surface area contributed by atoms with E-state index in [1.54, 1.807) is 13.8 Å². The first-order valence-corrected chi connectivity index (χ1v) is 12.4. The molecular formula is C21H39N5O6S. The molecule has 0 radical (unpaired) electrons. The molecule has 11 nitrogen and oxygen atoms in total. The fraction of sp³-hybridized carbons (Fsp3) is 0.762. The van der Waals surface area contributed by atoms with Crippen molar-refractivity contribution < 1.29 is 29.1 Å². The van der Waals surface area contributed by atoms with E-state index in [-0.39, 0.29) is 24.7 Å². The van der Waals surface area contributed by atoms with Crippen LogP contribution in [0.1, 0.15) is 53.4 Å². The van der Waals surface area contributed by atoms with Gasteiger partial charge >= 0.3 is 5.97 Å². The van der Waals surface area contributed by atoms with E-state index in [1.807, 2.05) is 20.1 Å². The third-order valence-electron chi connectivity index (χ3n) is 4.85. The average Bonchev–Trinajstić information content (AvgIpc) is 2.70. The maximum Gasteiger partial charge on any atom is 0.326 e. The summed E-state index contributed by atoms with van der Waals surface area (Å²) in [6.45, 7) is 7.25. The molecule has 0 saturated heterocycles. The molecule has 0 aromatic heterocycles. The molecule has 12 heteroatoms. The van der Waals surface area contributed by atoms with Crippen molar-refractivity contribution in [2.75, 3.05) is 12.0 Å². The molecule has 0 saturated carbocycles. The maximum absolute atomic E-state index is 12.9. The number of hydrogen-bond donors (Lipinski definition) is 6. The molecule has 0 aliphatic carbocycles. The lowest BCUT2D eigenvalue weighted by atomic mass is 10.0. The Morgan fingerprint density at radius 3 is 1.91 bits per heavy atom. The monoisotopic (exact) mass is 489 g/mol. The Bertz CT molecular complexity index is 688. The molecule has 4 amide bonds. The van der Waals surface area contributed by atoms with E-state index in [1.165, 1.54) is 11.8 Å². The number of carboxylic acids is 1. The van der Waals surface area contributed by atoms with Gasteiger partial charge in [0.2, 0.25) is 23.6 Å². The van der Waals surface area contributed by atoms with Crippen LogP contribution < -0.4 is 27.4 Å². The van der Waals surface area contributed by atoms with Crippen LogP contribution in [0.15, 0.2) is 0 Å². The molecule has 4 atom stereocenters. The molecule has 190 valence electrons. The zero-order valence-corrected chi connectivity index (χ0v) is 20.9. The van der Waals surface area contributed by atoms with Gasteiger partial charge in [-0.15, -0.1) is 0 Å². The van der Waals surface area contributed by atoms with Crippen LogP contribution in [-0.4, -0.2) is 70.9 Å². The molecule has 4 unspecified atom stereocenters. The molecule has 0 aromatic rings. The Morgan fingerprint density at radius 2 is 1.45 bits per heavy atom. The summed E-state index contributed by atoms with van der Waals surface area (Å²) < 4.78 is 0. The Kier molecular flexibility index (Phi) is 14.4. The predicted molar refractivity (Wildman–Crippen MR) is 127 cm³/mol. The topological polar surface area (TPSA) is 194 Å². The number of primary amides is 1. The van der Waals surface area contributed by atoms with Gasteiger partial charge in [0, 0.05) is 6.42 Å². The highest BCUT2D eigenvalue weighted by molar-refractivity contribution is 7.98. The number of carbonyl (C=O) groups is 5. The maximum atomic E-state index is 12.9. The smallest absolute Gasteiger partial charge is 0.326 e. The van der Waals surface area contributed by atoms with E-state index < -0.39 is 53.8 Å². The second kappa shape index (κ2) is 15.5. The van der Waals surface area contributed by atoms with Crippen molar-refractivity contribution in [1.82, 2.24) is 16.0 Å². The second-order valence-corrected chi connectivity index (χ2v) is 9.70. The normalized spacial score (nSPS) is 14.8. The standard InChI is InChI=1S/C21H39N5O6S/c1-11(2)10-13(22)18(28)24-14(8-9-33-5)19(29)26-17(12(3)4)20(30)25-15(21(31)32)6-7-16(23)27/h11-15,17H,6-10,22H2,1-5H3,(H2,23,27)(H,24,28)(H,25,30)(H,26,29)(H,31,32). The SMILES string of the molecule is CSCCC(NC(=O)C(N)CC(C)C)C(=O)NC(C(=O)NC(CCC(N)=O)C(=O)O)C(C)C. The van der Waals surface area contributed by atoms with E-state index in [0.29, 0.717) is 18.6 Å². The molecule has 0 aromatic carbocycles. The van der Waals surface area contributed by atoms with Crippen molar-refractivity contribution in [3.63, 3.8) is 0 Å². The third kappa shape index (κ3) is 12.5. The first kappa shape index (κ1) is 30.7. The van der Waals surface area contributed by atoms with Crippen LogP contribution in [-0.2, 0) is 24.0 Å². The molecule has 0 fully saturated rings. The highest BCUT2D eigenvalue weighted by Crippen LogP contribution is 2.09. The van der Waals surface area contributed by atoms with Gasteiger partial charge in [-0.05, 0) is 43.1 Å². The van der Waals surface area contributed by atoms with Gasteiger partial charge in [0.1, 0.15) is 18.1 Å². The van der Waals surface area contributed by atoms with E-state index in [2.05, 4.69) is 16.0 Å². The van der Waals surface area contributed by atoms with Crippen molar-refractivity contribution in [2.24, 2.45) is 23.3 Å². The molecule has 0 bridgehead atoms. The Morgan fingerprint density at radius 1 is 0.879 bits per heavy atom. The summed E-state index contributed by atoms with van der Waals surface area (Å²) in [5, 5.41) is 17.0. The molecule has 0 aliphatic heterocycles. The van der Waals surface area contributed by atoms with Gasteiger partial charge in [-0.2, -0.15) is 11.8 Å². The minimum atomic E-state index is -1.33. The predicted octanol–water partition coefficient (Wildman–Crippen LogP) is -0.427. The zero-order chi connectivity index (χ0) is 25.7. The highest BCUT2D eigenvalue weighted by Gasteiger charge is 2.31. The van der Waals surface area contributed by atoms with Crippen LogP contribution in [0.5, 0.6) is 0 Å². The summed E-state index contributed by atoms with van der Waals surface area (Å²) >= 11 is 1.50. The van der Waals surface area contributed by atoms with E-state index in [9.17, 15) is 29.1 Å². The lowest BCUT2D eigenvalue weighted by Gasteiger charge is -2.27. The van der Waals surface area contributed by atoms with E-state index in [0.717, 1.165) is 0 Å². The number of nitrogens with two attached hydrogens (primary N) is 2. The summed E-state index contributed by atoms with van der Waals surface area (Å²) in [6, 6.07) is -4.04. The Labute approximate surface area is 199 Å². The molecule has 0 spiro atoms. The van der Waals surface area contributed by atoms with Crippen LogP contribution >= 0.6 is 11.8 Å². The summed E-state index contributed by atoms with van der Waals surface area (Å²) in [6.07, 6.45) is 2.27. The number of aliphatic carboxylic acids is 1. The number of nitrogens with one attached hydrogen (secondary N) is 3. The molecule has 0 heterocycles. The van der Waals surface area contributed by atoms with Gasteiger partial charge in [-0.1, -0.05) is 27.7 Å². The van der Waals surface area contributed by atoms with Gasteiger partial charge < -0.3 is 32.5 Å². The molecule has 33 heavy (non-hydrogen) atoms. The van der Waals surface area contributed by atoms with Crippen LogP contribution in [0, 0.1) is 11.8 Å². The van der Waals surface area contributed by atoms with Crippen LogP contribution in [0.25, 0.3) is 0 Å². The van der Waals surface area contributed by atoms with Gasteiger partial charge in [0.25, 0.3) is 0 Å². The lowest BCUT2D eigenvalue weighted by Crippen LogP contribution is -2.58. The number of hydrogen-bond acceptors (Lipinski definition) is 7. The number of rotatable bonds is 16. The number of carbonyl (C=O) groups excluding carboxylic acids is 4. The first-order valence-electron chi connectivity index (χ1n) is 11.0. The van der Waals surface area contributed by atoms with Crippen LogP contribution in [0.3, 0.4) is 0 Å². The summed E-state index contributed by atoms with van der Waals surface area (Å²) in [7, 11) is 0. The number of amides is 4. The van der Waals surface area contributed by atoms with E-state index >= 15 is 0 Å². The van der Waals surface area contributed by atoms with Gasteiger partial charge in [0.05, 0.1) is 6.04 Å². The minimum Gasteiger partial charge on any atom is -0.480 e. The third-order valence-corrected chi connectivity index (χ3v) is 5.49. The lowest BCUT2D eigenvalue weighted by molar-refractivity contribution is -0.143. The summed E-state index contributed by atoms with van der Waals surface area (Å²) in [4.78, 5) is 60.6. The van der Waals surface area contributed by atoms with Crippen LogP contribution in [0.4, 0.5) is 0 Å². The van der Waals surface area contributed by atoms with Gasteiger partial charge in [-0.3, -0.25) is 19.2 Å². The fourth-order valence-corrected chi connectivity index (χ4v) is 3.46. The second-order valence-electron chi connectivity index (χ2n) is 8.71. The van der Waals surface area contributed by atoms with Crippen LogP contribution in [0.2, 0.25) is 0 Å². The summed E-state index contributed by atoms with van der Waals surface area (Å²) in [5.41, 5.74) is 11.0. The van der Waals surface area contributed by atoms with E-state index in [4.69, 9.17) is 11.5 Å². The van der Waals surface area contributed by atoms with Gasteiger partial charge in [-0.25, -0.2) is 4.79 Å².